The van der Waals surface area contributed by atoms with Crippen molar-refractivity contribution in [3.63, 3.8) is 0 Å². The van der Waals surface area contributed by atoms with Crippen LogP contribution in [0, 0.1) is 0 Å². The molecule has 18 heavy (non-hydrogen) atoms. The highest BCUT2D eigenvalue weighted by atomic mass is 16.7. The van der Waals surface area contributed by atoms with Crippen molar-refractivity contribution in [2.45, 2.75) is 77.2 Å². The van der Waals surface area contributed by atoms with Crippen LogP contribution in [-0.2, 0) is 0 Å². The molecule has 0 aliphatic rings. The van der Waals surface area contributed by atoms with Crippen molar-refractivity contribution in [1.29, 1.82) is 0 Å². The summed E-state index contributed by atoms with van der Waals surface area (Å²) in [5, 5.41) is 50.1. The van der Waals surface area contributed by atoms with Crippen molar-refractivity contribution in [2.75, 3.05) is 0 Å². The van der Waals surface area contributed by atoms with Gasteiger partial charge < -0.3 is 30.6 Å². The van der Waals surface area contributed by atoms with Crippen molar-refractivity contribution < 1.29 is 30.6 Å². The predicted molar refractivity (Wildman–Crippen MR) is 67.1 cm³/mol. The zero-order valence-corrected chi connectivity index (χ0v) is 11.3. The second kappa shape index (κ2) is 10.7. The Morgan fingerprint density at radius 1 is 0.556 bits per heavy atom. The van der Waals surface area contributed by atoms with Crippen LogP contribution in [0.2, 0.25) is 0 Å². The van der Waals surface area contributed by atoms with E-state index in [0.717, 1.165) is 25.7 Å². The minimum absolute atomic E-state index is 0.0425. The molecule has 0 aromatic rings. The molecule has 0 rings (SSSR count). The minimum Gasteiger partial charge on any atom is -0.344 e. The molecule has 0 bridgehead atoms. The van der Waals surface area contributed by atoms with Gasteiger partial charge in [0.1, 0.15) is 0 Å². The molecule has 112 valence electrons. The highest BCUT2D eigenvalue weighted by Crippen LogP contribution is 2.08. The fourth-order valence-electron chi connectivity index (χ4n) is 1.22. The molecule has 0 atom stereocenters. The van der Waals surface area contributed by atoms with Gasteiger partial charge in [0.15, 0.2) is 0 Å². The van der Waals surface area contributed by atoms with Gasteiger partial charge in [0.2, 0.25) is 0 Å². The van der Waals surface area contributed by atoms with Gasteiger partial charge in [0, 0.05) is 12.8 Å². The third kappa shape index (κ3) is 24.8. The molecule has 0 radical (unpaired) electrons. The second-order valence-electron chi connectivity index (χ2n) is 4.46. The van der Waals surface area contributed by atoms with Crippen molar-refractivity contribution in [3.05, 3.63) is 0 Å². The van der Waals surface area contributed by atoms with E-state index < -0.39 is 11.9 Å². The molecular formula is C12H28O6. The lowest BCUT2D eigenvalue weighted by atomic mass is 10.2. The van der Waals surface area contributed by atoms with Crippen LogP contribution in [-0.4, -0.2) is 42.6 Å². The highest BCUT2D eigenvalue weighted by molar-refractivity contribution is 4.47. The van der Waals surface area contributed by atoms with Gasteiger partial charge in [-0.25, -0.2) is 0 Å². The first-order valence-electron chi connectivity index (χ1n) is 6.46. The highest BCUT2D eigenvalue weighted by Gasteiger charge is 2.16. The third-order valence-corrected chi connectivity index (χ3v) is 2.23. The van der Waals surface area contributed by atoms with E-state index in [1.165, 1.54) is 0 Å². The average molecular weight is 268 g/mol. The largest absolute Gasteiger partial charge is 0.344 e. The molecule has 0 unspecified atom stereocenters. The fourth-order valence-corrected chi connectivity index (χ4v) is 1.22. The van der Waals surface area contributed by atoms with E-state index in [2.05, 4.69) is 0 Å². The van der Waals surface area contributed by atoms with Crippen molar-refractivity contribution >= 4 is 0 Å². The lowest BCUT2D eigenvalue weighted by Crippen LogP contribution is -2.26. The summed E-state index contributed by atoms with van der Waals surface area (Å²) in [7, 11) is 0. The van der Waals surface area contributed by atoms with Gasteiger partial charge in [-0.3, -0.25) is 0 Å². The van der Waals surface area contributed by atoms with E-state index in [9.17, 15) is 0 Å². The van der Waals surface area contributed by atoms with Crippen molar-refractivity contribution in [1.82, 2.24) is 0 Å². The van der Waals surface area contributed by atoms with E-state index in [1.807, 2.05) is 13.8 Å². The first-order chi connectivity index (χ1) is 8.12. The molecule has 0 aromatic carbocycles. The summed E-state index contributed by atoms with van der Waals surface area (Å²) in [6, 6.07) is 0. The molecule has 0 aromatic heterocycles. The lowest BCUT2D eigenvalue weighted by molar-refractivity contribution is -0.316. The first kappa shape index (κ1) is 20.1. The van der Waals surface area contributed by atoms with Gasteiger partial charge in [-0.15, -0.1) is 0 Å². The van der Waals surface area contributed by atoms with Crippen molar-refractivity contribution in [2.24, 2.45) is 0 Å². The normalized spacial score (nSPS) is 12.0. The minimum atomic E-state index is -2.45. The third-order valence-electron chi connectivity index (χ3n) is 2.23. The standard InChI is InChI=1S/2C6H14O3/c2*1-2-3-4-5-6(7,8)9/h2*7-9H,2-5H2,1H3. The van der Waals surface area contributed by atoms with E-state index in [1.54, 1.807) is 0 Å². The Balaban J connectivity index is 0. The molecule has 6 heteroatoms. The Kier molecular flexibility index (Phi) is 11.9. The topological polar surface area (TPSA) is 121 Å². The first-order valence-corrected chi connectivity index (χ1v) is 6.46. The van der Waals surface area contributed by atoms with E-state index in [4.69, 9.17) is 30.6 Å². The van der Waals surface area contributed by atoms with E-state index >= 15 is 0 Å². The van der Waals surface area contributed by atoms with Gasteiger partial charge in [-0.1, -0.05) is 39.5 Å². The van der Waals surface area contributed by atoms with Crippen LogP contribution in [0.15, 0.2) is 0 Å². The molecule has 0 saturated heterocycles. The van der Waals surface area contributed by atoms with Gasteiger partial charge in [-0.2, -0.15) is 0 Å². The second-order valence-corrected chi connectivity index (χ2v) is 4.46. The monoisotopic (exact) mass is 268 g/mol. The summed E-state index contributed by atoms with van der Waals surface area (Å²) < 4.78 is 0. The number of hydrogen-bond acceptors (Lipinski definition) is 6. The Labute approximate surface area is 109 Å². The molecule has 0 aliphatic heterocycles. The van der Waals surface area contributed by atoms with Crippen molar-refractivity contribution in [3.8, 4) is 0 Å². The van der Waals surface area contributed by atoms with Gasteiger partial charge in [0.05, 0.1) is 0 Å². The molecule has 6 nitrogen and oxygen atoms in total. The Bertz CT molecular complexity index is 150. The summed E-state index contributed by atoms with van der Waals surface area (Å²) >= 11 is 0. The summed E-state index contributed by atoms with van der Waals surface area (Å²) in [6.45, 7) is 4.02. The predicted octanol–water partition coefficient (Wildman–Crippen LogP) is 0.395. The summed E-state index contributed by atoms with van der Waals surface area (Å²) in [4.78, 5) is 0. The van der Waals surface area contributed by atoms with Gasteiger partial charge >= 0.3 is 0 Å². The molecule has 0 amide bonds. The van der Waals surface area contributed by atoms with Crippen LogP contribution in [0.25, 0.3) is 0 Å². The van der Waals surface area contributed by atoms with Crippen LogP contribution in [0.3, 0.4) is 0 Å². The smallest absolute Gasteiger partial charge is 0.275 e. The van der Waals surface area contributed by atoms with Gasteiger partial charge in [-0.05, 0) is 12.8 Å². The molecule has 0 heterocycles. The quantitative estimate of drug-likeness (QED) is 0.280. The van der Waals surface area contributed by atoms with Crippen LogP contribution in [0.5, 0.6) is 0 Å². The Morgan fingerprint density at radius 2 is 0.833 bits per heavy atom. The van der Waals surface area contributed by atoms with E-state index in [-0.39, 0.29) is 12.8 Å². The number of aliphatic hydroxyl groups is 6. The molecule has 0 spiro atoms. The molecule has 0 saturated carbocycles. The number of unbranched alkanes of at least 4 members (excludes halogenated alkanes) is 4. The number of hydrogen-bond donors (Lipinski definition) is 6. The van der Waals surface area contributed by atoms with Crippen LogP contribution in [0.4, 0.5) is 0 Å². The average Bonchev–Trinajstić information content (AvgIpc) is 2.16. The summed E-state index contributed by atoms with van der Waals surface area (Å²) in [5.74, 6) is -4.90. The van der Waals surface area contributed by atoms with Gasteiger partial charge in [0.25, 0.3) is 11.9 Å². The fraction of sp³-hybridized carbons (Fsp3) is 1.00. The van der Waals surface area contributed by atoms with Crippen LogP contribution in [0.1, 0.15) is 65.2 Å². The molecule has 6 N–H and O–H groups in total. The Hall–Kier alpha value is -0.240. The molecule has 0 aliphatic carbocycles. The maximum Gasteiger partial charge on any atom is 0.275 e. The lowest BCUT2D eigenvalue weighted by Gasteiger charge is -2.12. The molecule has 0 fully saturated rings. The maximum absolute atomic E-state index is 8.36. The molecular weight excluding hydrogens is 240 g/mol. The zero-order chi connectivity index (χ0) is 14.7. The Morgan fingerprint density at radius 3 is 1.00 bits per heavy atom. The maximum atomic E-state index is 8.36. The SMILES string of the molecule is CCCCCC(O)(O)O.CCCCCC(O)(O)O. The van der Waals surface area contributed by atoms with Crippen LogP contribution < -0.4 is 0 Å². The summed E-state index contributed by atoms with van der Waals surface area (Å²) in [6.07, 6.45) is 5.25. The number of rotatable bonds is 8. The zero-order valence-electron chi connectivity index (χ0n) is 11.3. The van der Waals surface area contributed by atoms with E-state index in [0.29, 0.717) is 12.8 Å². The van der Waals surface area contributed by atoms with Crippen LogP contribution >= 0.6 is 0 Å². The summed E-state index contributed by atoms with van der Waals surface area (Å²) in [5.41, 5.74) is 0.